The highest BCUT2D eigenvalue weighted by Crippen LogP contribution is 2.68. The summed E-state index contributed by atoms with van der Waals surface area (Å²) in [5.74, 6) is -0.970. The highest BCUT2D eigenvalue weighted by atomic mass is 79.9. The number of ether oxygens (including phenoxy) is 1. The van der Waals surface area contributed by atoms with E-state index in [-0.39, 0.29) is 41.0 Å². The van der Waals surface area contributed by atoms with Crippen molar-refractivity contribution >= 4 is 51.1 Å². The van der Waals surface area contributed by atoms with Crippen LogP contribution in [0.1, 0.15) is 31.7 Å². The minimum Gasteiger partial charge on any atom is -0.494 e. The van der Waals surface area contributed by atoms with Crippen LogP contribution in [0.25, 0.3) is 0 Å². The monoisotopic (exact) mass is 695 g/mol. The lowest BCUT2D eigenvalue weighted by atomic mass is 9.70. The molecular formula is C35H42BrN3O5S. The number of carbonyl (C=O) groups is 3. The first-order valence-corrected chi connectivity index (χ1v) is 17.4. The Morgan fingerprint density at radius 1 is 1.09 bits per heavy atom. The van der Waals surface area contributed by atoms with Gasteiger partial charge in [0.2, 0.25) is 17.7 Å². The molecule has 3 fully saturated rings. The zero-order valence-electron chi connectivity index (χ0n) is 25.7. The van der Waals surface area contributed by atoms with Gasteiger partial charge in [-0.3, -0.25) is 14.4 Å². The van der Waals surface area contributed by atoms with Crippen LogP contribution in [0.15, 0.2) is 79.9 Å². The molecule has 0 aromatic heterocycles. The summed E-state index contributed by atoms with van der Waals surface area (Å²) in [6.45, 7) is 11.6. The number of anilines is 1. The van der Waals surface area contributed by atoms with E-state index in [9.17, 15) is 19.5 Å². The Bertz CT molecular complexity index is 1390. The highest BCUT2D eigenvalue weighted by molar-refractivity contribution is 9.09. The maximum absolute atomic E-state index is 14.7. The number of amides is 3. The van der Waals surface area contributed by atoms with Gasteiger partial charge in [0.25, 0.3) is 0 Å². The molecule has 10 heteroatoms. The third kappa shape index (κ3) is 6.33. The molecule has 8 nitrogen and oxygen atoms in total. The summed E-state index contributed by atoms with van der Waals surface area (Å²) in [7, 11) is 0. The Balaban J connectivity index is 1.52. The van der Waals surface area contributed by atoms with Crippen molar-refractivity contribution in [3.63, 3.8) is 0 Å². The first-order chi connectivity index (χ1) is 21.8. The number of likely N-dealkylation sites (tertiary alicyclic amines) is 1. The van der Waals surface area contributed by atoms with Gasteiger partial charge >= 0.3 is 0 Å². The topological polar surface area (TPSA) is 90.4 Å². The molecule has 2 aromatic carbocycles. The van der Waals surface area contributed by atoms with Crippen LogP contribution in [0, 0.1) is 11.8 Å². The van der Waals surface area contributed by atoms with Gasteiger partial charge in [-0.2, -0.15) is 0 Å². The Labute approximate surface area is 278 Å². The first-order valence-electron chi connectivity index (χ1n) is 15.6. The van der Waals surface area contributed by atoms with Crippen molar-refractivity contribution in [2.24, 2.45) is 11.8 Å². The predicted octanol–water partition coefficient (Wildman–Crippen LogP) is 5.06. The van der Waals surface area contributed by atoms with Crippen LogP contribution in [-0.4, -0.2) is 86.3 Å². The molecule has 3 aliphatic rings. The molecule has 0 saturated carbocycles. The smallest absolute Gasteiger partial charge is 0.247 e. The number of fused-ring (bicyclic) bond motifs is 1. The van der Waals surface area contributed by atoms with E-state index >= 15 is 0 Å². The number of thioether (sulfide) groups is 1. The van der Waals surface area contributed by atoms with E-state index in [2.05, 4.69) is 29.1 Å². The number of unbranched alkanes of at least 4 members (excludes halogenated alkanes) is 1. The molecule has 3 heterocycles. The van der Waals surface area contributed by atoms with Gasteiger partial charge in [0, 0.05) is 48.6 Å². The molecular weight excluding hydrogens is 654 g/mol. The highest BCUT2D eigenvalue weighted by Gasteiger charge is 2.76. The largest absolute Gasteiger partial charge is 0.494 e. The lowest BCUT2D eigenvalue weighted by molar-refractivity contribution is -0.143. The lowest BCUT2D eigenvalue weighted by Gasteiger charge is -2.38. The maximum atomic E-state index is 14.7. The minimum absolute atomic E-state index is 0.00577. The van der Waals surface area contributed by atoms with Gasteiger partial charge in [0.15, 0.2) is 0 Å². The van der Waals surface area contributed by atoms with E-state index in [0.717, 1.165) is 5.56 Å². The number of alkyl halides is 1. The second-order valence-corrected chi connectivity index (χ2v) is 14.5. The second-order valence-electron chi connectivity index (χ2n) is 11.8. The molecule has 2 aromatic rings. The number of hydrogen-bond acceptors (Lipinski definition) is 6. The number of aliphatic hydroxyl groups is 1. The SMILES string of the molecule is C=CCN(Cc1ccccc1)C(=O)C1N(CCCCO)C(=O)[C@@H]2[C@H](C(=O)N(CC=C)c3ccc(OCC)cc3)[C@H]3SC12CC3Br. The van der Waals surface area contributed by atoms with Crippen LogP contribution in [-0.2, 0) is 20.9 Å². The number of aliphatic hydroxyl groups excluding tert-OH is 1. The fourth-order valence-corrected chi connectivity index (χ4v) is 10.8. The number of carbonyl (C=O) groups excluding carboxylic acids is 3. The van der Waals surface area contributed by atoms with Crippen molar-refractivity contribution in [3.8, 4) is 5.75 Å². The minimum atomic E-state index is -0.763. The van der Waals surface area contributed by atoms with Gasteiger partial charge in [-0.25, -0.2) is 0 Å². The fourth-order valence-electron chi connectivity index (χ4n) is 7.21. The third-order valence-corrected chi connectivity index (χ3v) is 12.2. The Morgan fingerprint density at radius 3 is 2.44 bits per heavy atom. The number of benzene rings is 2. The van der Waals surface area contributed by atoms with Crippen molar-refractivity contribution in [3.05, 3.63) is 85.5 Å². The molecule has 0 radical (unpaired) electrons. The quantitative estimate of drug-likeness (QED) is 0.159. The zero-order valence-corrected chi connectivity index (χ0v) is 28.1. The van der Waals surface area contributed by atoms with Gasteiger partial charge in [-0.1, -0.05) is 58.4 Å². The van der Waals surface area contributed by atoms with E-state index < -0.39 is 22.6 Å². The summed E-state index contributed by atoms with van der Waals surface area (Å²) in [5.41, 5.74) is 1.69. The van der Waals surface area contributed by atoms with Gasteiger partial charge in [0.1, 0.15) is 11.8 Å². The van der Waals surface area contributed by atoms with Crippen molar-refractivity contribution in [2.75, 3.05) is 37.7 Å². The van der Waals surface area contributed by atoms with Crippen LogP contribution >= 0.6 is 27.7 Å². The Hall–Kier alpha value is -3.08. The maximum Gasteiger partial charge on any atom is 0.247 e. The molecule has 45 heavy (non-hydrogen) atoms. The molecule has 6 atom stereocenters. The average molecular weight is 697 g/mol. The molecule has 1 N–H and O–H groups in total. The molecule has 0 aliphatic carbocycles. The summed E-state index contributed by atoms with van der Waals surface area (Å²) in [6.07, 6.45) is 5.09. The number of hydrogen-bond donors (Lipinski definition) is 1. The molecule has 3 unspecified atom stereocenters. The molecule has 3 saturated heterocycles. The zero-order chi connectivity index (χ0) is 32.1. The molecule has 2 bridgehead atoms. The average Bonchev–Trinajstić information content (AvgIpc) is 3.63. The summed E-state index contributed by atoms with van der Waals surface area (Å²) in [6, 6.07) is 16.5. The van der Waals surface area contributed by atoms with Crippen molar-refractivity contribution < 1.29 is 24.2 Å². The van der Waals surface area contributed by atoms with Crippen molar-refractivity contribution in [1.82, 2.24) is 9.80 Å². The second kappa shape index (κ2) is 14.6. The van der Waals surface area contributed by atoms with Crippen LogP contribution in [0.4, 0.5) is 5.69 Å². The van der Waals surface area contributed by atoms with Gasteiger partial charge in [-0.05, 0) is 56.0 Å². The van der Waals surface area contributed by atoms with E-state index in [1.54, 1.807) is 38.6 Å². The van der Waals surface area contributed by atoms with Crippen molar-refractivity contribution in [1.29, 1.82) is 0 Å². The van der Waals surface area contributed by atoms with Gasteiger partial charge < -0.3 is 24.5 Å². The third-order valence-electron chi connectivity index (χ3n) is 9.03. The molecule has 1 spiro atoms. The molecule has 240 valence electrons. The Morgan fingerprint density at radius 2 is 1.80 bits per heavy atom. The van der Waals surface area contributed by atoms with Crippen molar-refractivity contribution in [2.45, 2.75) is 53.6 Å². The lowest BCUT2D eigenvalue weighted by Crippen LogP contribution is -2.55. The van der Waals surface area contributed by atoms with Gasteiger partial charge in [-0.15, -0.1) is 24.9 Å². The van der Waals surface area contributed by atoms with E-state index in [0.29, 0.717) is 56.9 Å². The van der Waals surface area contributed by atoms with Crippen LogP contribution in [0.5, 0.6) is 5.75 Å². The number of nitrogens with zero attached hydrogens (tertiary/aromatic N) is 3. The van der Waals surface area contributed by atoms with Gasteiger partial charge in [0.05, 0.1) is 23.2 Å². The molecule has 3 amide bonds. The standard InChI is InChI=1S/C35H42BrN3O5S/c1-4-18-37(23-24-12-8-7-9-13-24)34(43)31-35-22-27(36)30(45-35)28(29(35)33(42)39(31)20-10-11-21-40)32(41)38(19-5-2)25-14-16-26(17-15-25)44-6-3/h4-5,7-9,12-17,27-31,40H,1-2,6,10-11,18-23H2,3H3/t27?,28-,29-,30-,31?,35?/m0/s1. The van der Waals surface area contributed by atoms with Crippen LogP contribution in [0.2, 0.25) is 0 Å². The molecule has 5 rings (SSSR count). The number of rotatable bonds is 15. The van der Waals surface area contributed by atoms with E-state index in [4.69, 9.17) is 4.74 Å². The fraction of sp³-hybridized carbons (Fsp3) is 0.457. The summed E-state index contributed by atoms with van der Waals surface area (Å²) in [4.78, 5) is 48.9. The van der Waals surface area contributed by atoms with E-state index in [1.165, 1.54) is 0 Å². The summed E-state index contributed by atoms with van der Waals surface area (Å²) < 4.78 is 4.84. The van der Waals surface area contributed by atoms with Crippen LogP contribution in [0.3, 0.4) is 0 Å². The van der Waals surface area contributed by atoms with E-state index in [1.807, 2.05) is 61.5 Å². The Kier molecular flexibility index (Phi) is 10.8. The normalized spacial score (nSPS) is 26.4. The summed E-state index contributed by atoms with van der Waals surface area (Å²) >= 11 is 5.51. The summed E-state index contributed by atoms with van der Waals surface area (Å²) in [5, 5.41) is 9.35. The first kappa shape index (κ1) is 33.3. The number of halogens is 1. The molecule has 3 aliphatic heterocycles. The predicted molar refractivity (Wildman–Crippen MR) is 182 cm³/mol. The van der Waals surface area contributed by atoms with Crippen LogP contribution < -0.4 is 9.64 Å².